The molecule has 138 valence electrons. The van der Waals surface area contributed by atoms with Crippen molar-refractivity contribution >= 4 is 17.3 Å². The van der Waals surface area contributed by atoms with Crippen molar-refractivity contribution in [3.05, 3.63) is 16.1 Å². The van der Waals surface area contributed by atoms with Crippen molar-refractivity contribution in [1.29, 1.82) is 0 Å². The third kappa shape index (κ3) is 8.11. The first kappa shape index (κ1) is 20.9. The summed E-state index contributed by atoms with van der Waals surface area (Å²) in [5.41, 5.74) is 1.13. The molecule has 0 unspecified atom stereocenters. The number of nitrogens with zero attached hydrogens (tertiary/aromatic N) is 3. The van der Waals surface area contributed by atoms with Gasteiger partial charge in [-0.3, -0.25) is 9.89 Å². The number of hydrogen-bond acceptors (Lipinski definition) is 4. The second-order valence-corrected chi connectivity index (χ2v) is 7.63. The van der Waals surface area contributed by atoms with Gasteiger partial charge in [0.1, 0.15) is 0 Å². The summed E-state index contributed by atoms with van der Waals surface area (Å²) in [6.45, 7) is 13.9. The van der Waals surface area contributed by atoms with E-state index in [4.69, 9.17) is 0 Å². The molecular weight excluding hydrogens is 318 g/mol. The van der Waals surface area contributed by atoms with Crippen molar-refractivity contribution < 1.29 is 0 Å². The van der Waals surface area contributed by atoms with Crippen LogP contribution in [0.3, 0.4) is 0 Å². The second-order valence-electron chi connectivity index (χ2n) is 6.69. The van der Waals surface area contributed by atoms with E-state index in [0.29, 0.717) is 12.1 Å². The van der Waals surface area contributed by atoms with Gasteiger partial charge in [0.2, 0.25) is 0 Å². The molecule has 5 nitrogen and oxygen atoms in total. The van der Waals surface area contributed by atoms with Gasteiger partial charge < -0.3 is 10.6 Å². The highest BCUT2D eigenvalue weighted by atomic mass is 32.1. The third-order valence-corrected chi connectivity index (χ3v) is 5.02. The minimum absolute atomic E-state index is 0.566. The van der Waals surface area contributed by atoms with Crippen LogP contribution in [0.25, 0.3) is 0 Å². The van der Waals surface area contributed by atoms with E-state index in [-0.39, 0.29) is 0 Å². The summed E-state index contributed by atoms with van der Waals surface area (Å²) in [4.78, 5) is 11.3. The molecule has 0 saturated carbocycles. The highest BCUT2D eigenvalue weighted by Gasteiger charge is 2.12. The van der Waals surface area contributed by atoms with Gasteiger partial charge in [-0.15, -0.1) is 11.3 Å². The fraction of sp³-hybridized carbons (Fsp3) is 0.778. The molecule has 0 spiro atoms. The number of rotatable bonds is 10. The Morgan fingerprint density at radius 3 is 2.38 bits per heavy atom. The molecule has 0 aromatic carbocycles. The minimum Gasteiger partial charge on any atom is -0.356 e. The number of aromatic nitrogens is 1. The Balaban J connectivity index is 2.16. The SMILES string of the molecule is CN=C(NCCCCc1nc(C)cs1)NCCN(C(C)C)C(C)C. The van der Waals surface area contributed by atoms with E-state index in [1.54, 1.807) is 11.3 Å². The topological polar surface area (TPSA) is 52.6 Å². The van der Waals surface area contributed by atoms with Crippen LogP contribution < -0.4 is 10.6 Å². The van der Waals surface area contributed by atoms with Gasteiger partial charge in [0.05, 0.1) is 5.01 Å². The van der Waals surface area contributed by atoms with Crippen molar-refractivity contribution in [2.75, 3.05) is 26.7 Å². The first-order valence-electron chi connectivity index (χ1n) is 9.05. The van der Waals surface area contributed by atoms with Gasteiger partial charge in [-0.1, -0.05) is 0 Å². The number of aryl methyl sites for hydroxylation is 2. The van der Waals surface area contributed by atoms with Crippen LogP contribution in [0.2, 0.25) is 0 Å². The molecule has 0 bridgehead atoms. The molecule has 1 aromatic rings. The average molecular weight is 354 g/mol. The Morgan fingerprint density at radius 1 is 1.17 bits per heavy atom. The number of aliphatic imine (C=N–C) groups is 1. The van der Waals surface area contributed by atoms with Gasteiger partial charge in [0, 0.05) is 49.8 Å². The second kappa shape index (κ2) is 11.4. The fourth-order valence-electron chi connectivity index (χ4n) is 2.76. The highest BCUT2D eigenvalue weighted by Crippen LogP contribution is 2.11. The maximum absolute atomic E-state index is 4.50. The first-order valence-corrected chi connectivity index (χ1v) is 9.93. The predicted octanol–water partition coefficient (Wildman–Crippen LogP) is 3.06. The first-order chi connectivity index (χ1) is 11.4. The molecule has 6 heteroatoms. The third-order valence-electron chi connectivity index (χ3n) is 3.99. The normalized spacial score (nSPS) is 12.5. The highest BCUT2D eigenvalue weighted by molar-refractivity contribution is 7.09. The molecule has 0 fully saturated rings. The van der Waals surface area contributed by atoms with Crippen molar-refractivity contribution in [3.63, 3.8) is 0 Å². The Labute approximate surface area is 152 Å². The number of hydrogen-bond donors (Lipinski definition) is 2. The Kier molecular flexibility index (Phi) is 9.95. The summed E-state index contributed by atoms with van der Waals surface area (Å²) in [7, 11) is 1.83. The van der Waals surface area contributed by atoms with Crippen LogP contribution in [0.1, 0.15) is 51.2 Å². The van der Waals surface area contributed by atoms with Crippen molar-refractivity contribution in [2.24, 2.45) is 4.99 Å². The summed E-state index contributed by atoms with van der Waals surface area (Å²) in [6, 6.07) is 1.13. The molecule has 0 amide bonds. The Morgan fingerprint density at radius 2 is 1.83 bits per heavy atom. The van der Waals surface area contributed by atoms with E-state index in [0.717, 1.165) is 50.6 Å². The number of guanidine groups is 1. The monoisotopic (exact) mass is 353 g/mol. The molecular formula is C18H35N5S. The van der Waals surface area contributed by atoms with Crippen LogP contribution in [-0.2, 0) is 6.42 Å². The van der Waals surface area contributed by atoms with Crippen molar-refractivity contribution in [3.8, 4) is 0 Å². The fourth-order valence-corrected chi connectivity index (χ4v) is 3.58. The van der Waals surface area contributed by atoms with Gasteiger partial charge in [-0.2, -0.15) is 0 Å². The van der Waals surface area contributed by atoms with Crippen LogP contribution in [-0.4, -0.2) is 54.6 Å². The van der Waals surface area contributed by atoms with Crippen LogP contribution in [0, 0.1) is 6.92 Å². The lowest BCUT2D eigenvalue weighted by atomic mass is 10.2. The lowest BCUT2D eigenvalue weighted by Gasteiger charge is -2.30. The van der Waals surface area contributed by atoms with Crippen LogP contribution in [0.15, 0.2) is 10.4 Å². The predicted molar refractivity (Wildman–Crippen MR) is 106 cm³/mol. The molecule has 0 saturated heterocycles. The molecule has 0 aliphatic carbocycles. The van der Waals surface area contributed by atoms with E-state index in [1.165, 1.54) is 5.01 Å². The maximum Gasteiger partial charge on any atom is 0.191 e. The lowest BCUT2D eigenvalue weighted by Crippen LogP contribution is -2.45. The summed E-state index contributed by atoms with van der Waals surface area (Å²) >= 11 is 1.76. The molecule has 1 heterocycles. The van der Waals surface area contributed by atoms with Crippen LogP contribution >= 0.6 is 11.3 Å². The Bertz CT molecular complexity index is 474. The molecule has 1 rings (SSSR count). The summed E-state index contributed by atoms with van der Waals surface area (Å²) in [6.07, 6.45) is 3.36. The van der Waals surface area contributed by atoms with E-state index >= 15 is 0 Å². The standard InChI is InChI=1S/C18H35N5S/c1-14(2)23(15(3)4)12-11-21-18(19-6)20-10-8-7-9-17-22-16(5)13-24-17/h13-15H,7-12H2,1-6H3,(H2,19,20,21). The van der Waals surface area contributed by atoms with E-state index in [1.807, 2.05) is 7.05 Å². The smallest absolute Gasteiger partial charge is 0.191 e. The molecule has 0 aliphatic heterocycles. The maximum atomic E-state index is 4.50. The van der Waals surface area contributed by atoms with Crippen LogP contribution in [0.5, 0.6) is 0 Å². The zero-order chi connectivity index (χ0) is 17.9. The quantitative estimate of drug-likeness (QED) is 0.386. The van der Waals surface area contributed by atoms with Crippen molar-refractivity contribution in [1.82, 2.24) is 20.5 Å². The van der Waals surface area contributed by atoms with Crippen molar-refractivity contribution in [2.45, 2.75) is 66.0 Å². The molecule has 0 aliphatic rings. The molecule has 0 radical (unpaired) electrons. The van der Waals surface area contributed by atoms with Gasteiger partial charge in [0.25, 0.3) is 0 Å². The molecule has 2 N–H and O–H groups in total. The molecule has 24 heavy (non-hydrogen) atoms. The number of nitrogens with one attached hydrogen (secondary N) is 2. The molecule has 0 atom stereocenters. The minimum atomic E-state index is 0.566. The van der Waals surface area contributed by atoms with E-state index in [9.17, 15) is 0 Å². The average Bonchev–Trinajstić information content (AvgIpc) is 2.93. The van der Waals surface area contributed by atoms with Gasteiger partial charge in [-0.25, -0.2) is 4.98 Å². The van der Waals surface area contributed by atoms with Gasteiger partial charge >= 0.3 is 0 Å². The van der Waals surface area contributed by atoms with Crippen LogP contribution in [0.4, 0.5) is 0 Å². The zero-order valence-electron chi connectivity index (χ0n) is 16.2. The van der Waals surface area contributed by atoms with E-state index in [2.05, 4.69) is 65.5 Å². The summed E-state index contributed by atoms with van der Waals surface area (Å²) in [5, 5.41) is 10.2. The van der Waals surface area contributed by atoms with E-state index < -0.39 is 0 Å². The lowest BCUT2D eigenvalue weighted by molar-refractivity contribution is 0.178. The number of thiazole rings is 1. The summed E-state index contributed by atoms with van der Waals surface area (Å²) in [5.74, 6) is 0.896. The summed E-state index contributed by atoms with van der Waals surface area (Å²) < 4.78 is 0. The van der Waals surface area contributed by atoms with Gasteiger partial charge in [0.15, 0.2) is 5.96 Å². The van der Waals surface area contributed by atoms with Gasteiger partial charge in [-0.05, 0) is 53.9 Å². The largest absolute Gasteiger partial charge is 0.356 e. The zero-order valence-corrected chi connectivity index (χ0v) is 17.0. The number of unbranched alkanes of at least 4 members (excludes halogenated alkanes) is 1. The Hall–Kier alpha value is -1.14. The molecule has 1 aromatic heterocycles.